The van der Waals surface area contributed by atoms with E-state index in [1.54, 1.807) is 0 Å². The molecule has 0 saturated heterocycles. The molecule has 0 unspecified atom stereocenters. The van der Waals surface area contributed by atoms with Crippen LogP contribution in [0.15, 0.2) is 60.8 Å². The van der Waals surface area contributed by atoms with E-state index in [-0.39, 0.29) is 0 Å². The van der Waals surface area contributed by atoms with Gasteiger partial charge >= 0.3 is 0 Å². The Hall–Kier alpha value is -2.26. The van der Waals surface area contributed by atoms with E-state index in [0.29, 0.717) is 17.5 Å². The number of hydrogen-bond acceptors (Lipinski definition) is 2. The quantitative estimate of drug-likeness (QED) is 0.775. The van der Waals surface area contributed by atoms with E-state index in [1.165, 1.54) is 0 Å². The predicted octanol–water partition coefficient (Wildman–Crippen LogP) is 4.31. The number of hydrogen-bond donors (Lipinski definition) is 1. The van der Waals surface area contributed by atoms with Gasteiger partial charge in [0.1, 0.15) is 6.61 Å². The van der Waals surface area contributed by atoms with E-state index in [4.69, 9.17) is 16.3 Å². The van der Waals surface area contributed by atoms with Crippen molar-refractivity contribution in [2.24, 2.45) is 0 Å². The number of benzene rings is 2. The normalized spacial score (nSPS) is 10.4. The summed E-state index contributed by atoms with van der Waals surface area (Å²) < 4.78 is 5.77. The van der Waals surface area contributed by atoms with Crippen LogP contribution in [0.3, 0.4) is 0 Å². The van der Waals surface area contributed by atoms with Gasteiger partial charge in [-0.3, -0.25) is 5.10 Å². The smallest absolute Gasteiger partial charge is 0.240 e. The number of aromatic nitrogens is 2. The molecule has 0 aliphatic heterocycles. The predicted molar refractivity (Wildman–Crippen MR) is 79.8 cm³/mol. The molecule has 1 aromatic heterocycles. The van der Waals surface area contributed by atoms with Crippen molar-refractivity contribution in [3.8, 4) is 17.0 Å². The molecule has 0 aliphatic rings. The first-order valence-electron chi connectivity index (χ1n) is 6.29. The number of aromatic amines is 1. The third kappa shape index (κ3) is 2.83. The van der Waals surface area contributed by atoms with E-state index in [9.17, 15) is 0 Å². The zero-order valence-corrected chi connectivity index (χ0v) is 11.5. The van der Waals surface area contributed by atoms with E-state index in [0.717, 1.165) is 16.7 Å². The zero-order chi connectivity index (χ0) is 13.8. The van der Waals surface area contributed by atoms with Gasteiger partial charge in [-0.25, -0.2) is 0 Å². The molecule has 3 rings (SSSR count). The van der Waals surface area contributed by atoms with Crippen LogP contribution in [-0.2, 0) is 6.61 Å². The fraction of sp³-hybridized carbons (Fsp3) is 0.0625. The summed E-state index contributed by atoms with van der Waals surface area (Å²) in [5, 5.41) is 7.70. The largest absolute Gasteiger partial charge is 0.471 e. The Morgan fingerprint density at radius 2 is 1.75 bits per heavy atom. The Labute approximate surface area is 122 Å². The standard InChI is InChI=1S/C16H13ClN2O/c17-14-8-6-13(7-9-14)15-10-18-19-16(15)20-11-12-4-2-1-3-5-12/h1-10H,11H2,(H,18,19). The van der Waals surface area contributed by atoms with Gasteiger partial charge in [-0.15, -0.1) is 5.10 Å². The molecule has 4 heteroatoms. The molecule has 100 valence electrons. The zero-order valence-electron chi connectivity index (χ0n) is 10.7. The molecule has 0 atom stereocenters. The lowest BCUT2D eigenvalue weighted by atomic mass is 10.1. The number of ether oxygens (including phenoxy) is 1. The van der Waals surface area contributed by atoms with Crippen LogP contribution in [0.1, 0.15) is 5.56 Å². The highest BCUT2D eigenvalue weighted by Gasteiger charge is 2.09. The monoisotopic (exact) mass is 284 g/mol. The van der Waals surface area contributed by atoms with Crippen LogP contribution in [0.25, 0.3) is 11.1 Å². The average molecular weight is 285 g/mol. The summed E-state index contributed by atoms with van der Waals surface area (Å²) in [5.74, 6) is 0.594. The highest BCUT2D eigenvalue weighted by molar-refractivity contribution is 6.30. The third-order valence-electron chi connectivity index (χ3n) is 2.98. The van der Waals surface area contributed by atoms with Gasteiger partial charge in [0.25, 0.3) is 0 Å². The molecule has 1 heterocycles. The summed E-state index contributed by atoms with van der Waals surface area (Å²) in [6, 6.07) is 17.6. The summed E-state index contributed by atoms with van der Waals surface area (Å²) in [6.45, 7) is 0.492. The number of nitrogens with zero attached hydrogens (tertiary/aromatic N) is 1. The maximum atomic E-state index is 5.90. The van der Waals surface area contributed by atoms with E-state index >= 15 is 0 Å². The first kappa shape index (κ1) is 12.8. The van der Waals surface area contributed by atoms with E-state index < -0.39 is 0 Å². The molecule has 0 aliphatic carbocycles. The highest BCUT2D eigenvalue weighted by atomic mass is 35.5. The maximum absolute atomic E-state index is 5.90. The lowest BCUT2D eigenvalue weighted by Crippen LogP contribution is -1.96. The Morgan fingerprint density at radius 1 is 1.00 bits per heavy atom. The Balaban J connectivity index is 1.78. The average Bonchev–Trinajstić information content (AvgIpc) is 2.95. The fourth-order valence-corrected chi connectivity index (χ4v) is 2.08. The van der Waals surface area contributed by atoms with Gasteiger partial charge in [-0.2, -0.15) is 0 Å². The Bertz CT molecular complexity index is 677. The van der Waals surface area contributed by atoms with Gasteiger partial charge in [0, 0.05) is 11.2 Å². The van der Waals surface area contributed by atoms with Crippen molar-refractivity contribution in [2.75, 3.05) is 0 Å². The molecule has 1 N–H and O–H groups in total. The number of rotatable bonds is 4. The van der Waals surface area contributed by atoms with Gasteiger partial charge in [0.15, 0.2) is 0 Å². The van der Waals surface area contributed by atoms with Crippen LogP contribution < -0.4 is 4.74 Å². The van der Waals surface area contributed by atoms with Crippen molar-refractivity contribution in [3.05, 3.63) is 71.4 Å². The van der Waals surface area contributed by atoms with E-state index in [1.807, 2.05) is 60.8 Å². The van der Waals surface area contributed by atoms with Crippen LogP contribution in [0.2, 0.25) is 5.02 Å². The second-order valence-corrected chi connectivity index (χ2v) is 4.82. The maximum Gasteiger partial charge on any atom is 0.240 e. The van der Waals surface area contributed by atoms with Crippen molar-refractivity contribution in [1.82, 2.24) is 10.2 Å². The molecule has 0 amide bonds. The Morgan fingerprint density at radius 3 is 2.50 bits per heavy atom. The molecule has 3 aromatic rings. The second kappa shape index (κ2) is 5.80. The van der Waals surface area contributed by atoms with Gasteiger partial charge < -0.3 is 4.74 Å². The molecule has 20 heavy (non-hydrogen) atoms. The topological polar surface area (TPSA) is 37.9 Å². The van der Waals surface area contributed by atoms with Crippen molar-refractivity contribution in [1.29, 1.82) is 0 Å². The fourth-order valence-electron chi connectivity index (χ4n) is 1.95. The third-order valence-corrected chi connectivity index (χ3v) is 3.23. The van der Waals surface area contributed by atoms with Crippen molar-refractivity contribution in [3.63, 3.8) is 0 Å². The molecule has 3 nitrogen and oxygen atoms in total. The van der Waals surface area contributed by atoms with Crippen molar-refractivity contribution >= 4 is 11.6 Å². The summed E-state index contributed by atoms with van der Waals surface area (Å²) in [4.78, 5) is 0. The molecule has 2 aromatic carbocycles. The minimum atomic E-state index is 0.492. The highest BCUT2D eigenvalue weighted by Crippen LogP contribution is 2.29. The van der Waals surface area contributed by atoms with Crippen LogP contribution >= 0.6 is 11.6 Å². The number of halogens is 1. The van der Waals surface area contributed by atoms with E-state index in [2.05, 4.69) is 10.2 Å². The van der Waals surface area contributed by atoms with Gasteiger partial charge in [-0.1, -0.05) is 54.1 Å². The first-order valence-corrected chi connectivity index (χ1v) is 6.67. The summed E-state index contributed by atoms with van der Waals surface area (Å²) >= 11 is 5.90. The summed E-state index contributed by atoms with van der Waals surface area (Å²) in [5.41, 5.74) is 3.06. The molecule has 0 fully saturated rings. The number of H-pyrrole nitrogens is 1. The lowest BCUT2D eigenvalue weighted by Gasteiger charge is -2.06. The molecular formula is C16H13ClN2O. The van der Waals surface area contributed by atoms with Gasteiger partial charge in [0.2, 0.25) is 5.88 Å². The van der Waals surface area contributed by atoms with Gasteiger partial charge in [0.05, 0.1) is 5.56 Å². The summed E-state index contributed by atoms with van der Waals surface area (Å²) in [7, 11) is 0. The molecule has 0 radical (unpaired) electrons. The van der Waals surface area contributed by atoms with Gasteiger partial charge in [-0.05, 0) is 23.3 Å². The minimum absolute atomic E-state index is 0.492. The van der Waals surface area contributed by atoms with Crippen LogP contribution in [0.5, 0.6) is 5.88 Å². The molecule has 0 saturated carbocycles. The van der Waals surface area contributed by atoms with Crippen LogP contribution in [-0.4, -0.2) is 10.2 Å². The molecule has 0 spiro atoms. The Kier molecular flexibility index (Phi) is 3.70. The first-order chi connectivity index (χ1) is 9.83. The molecule has 0 bridgehead atoms. The number of nitrogens with one attached hydrogen (secondary N) is 1. The van der Waals surface area contributed by atoms with Crippen LogP contribution in [0.4, 0.5) is 0 Å². The lowest BCUT2D eigenvalue weighted by molar-refractivity contribution is 0.294. The van der Waals surface area contributed by atoms with Crippen molar-refractivity contribution in [2.45, 2.75) is 6.61 Å². The second-order valence-electron chi connectivity index (χ2n) is 4.39. The summed E-state index contributed by atoms with van der Waals surface area (Å²) in [6.07, 6.45) is 1.82. The SMILES string of the molecule is Clc1ccc(-c2c[nH]nc2OCc2ccccc2)cc1. The van der Waals surface area contributed by atoms with Crippen molar-refractivity contribution < 1.29 is 4.74 Å². The molecular weight excluding hydrogens is 272 g/mol. The minimum Gasteiger partial charge on any atom is -0.471 e. The van der Waals surface area contributed by atoms with Crippen LogP contribution in [0, 0.1) is 0 Å².